The zero-order chi connectivity index (χ0) is 28.8. The molecule has 4 N–H and O–H groups in total. The fourth-order valence-electron chi connectivity index (χ4n) is 4.30. The number of rotatable bonds is 6. The van der Waals surface area contributed by atoms with Crippen molar-refractivity contribution in [2.45, 2.75) is 90.9 Å². The number of carboxylic acid groups (broad SMARTS) is 1. The number of aromatic nitrogens is 2. The Bertz CT molecular complexity index is 890. The lowest BCUT2D eigenvalue weighted by Crippen LogP contribution is -2.33. The van der Waals surface area contributed by atoms with Crippen molar-refractivity contribution in [3.63, 3.8) is 0 Å². The molecule has 1 aromatic rings. The van der Waals surface area contributed by atoms with E-state index in [0.29, 0.717) is 37.5 Å². The Kier molecular flexibility index (Phi) is 15.0. The van der Waals surface area contributed by atoms with Crippen LogP contribution in [-0.4, -0.2) is 53.3 Å². The van der Waals surface area contributed by atoms with Gasteiger partial charge in [-0.2, -0.15) is 0 Å². The number of hydrazine groups is 1. The van der Waals surface area contributed by atoms with Crippen LogP contribution >= 0.6 is 11.3 Å². The van der Waals surface area contributed by atoms with Gasteiger partial charge in [-0.05, 0) is 51.4 Å². The average Bonchev–Trinajstić information content (AvgIpc) is 3.43. The van der Waals surface area contributed by atoms with E-state index < -0.39 is 5.97 Å². The molecule has 216 valence electrons. The molecule has 11 nitrogen and oxygen atoms in total. The van der Waals surface area contributed by atoms with E-state index in [2.05, 4.69) is 28.8 Å². The van der Waals surface area contributed by atoms with Crippen LogP contribution in [0.15, 0.2) is 0 Å². The zero-order valence-corrected chi connectivity index (χ0v) is 24.2. The molecule has 0 saturated heterocycles. The van der Waals surface area contributed by atoms with Crippen LogP contribution in [-0.2, 0) is 28.7 Å². The average molecular weight is 557 g/mol. The number of esters is 2. The first-order chi connectivity index (χ1) is 17.9. The van der Waals surface area contributed by atoms with Gasteiger partial charge in [0.05, 0.1) is 32.0 Å². The maximum absolute atomic E-state index is 11.5. The summed E-state index contributed by atoms with van der Waals surface area (Å²) in [6.07, 6.45) is 6.33. The van der Waals surface area contributed by atoms with Gasteiger partial charge in [-0.1, -0.05) is 27.7 Å². The van der Waals surface area contributed by atoms with Crippen LogP contribution in [0.1, 0.15) is 101 Å². The molecule has 2 aliphatic carbocycles. The number of hydrogen-bond acceptors (Lipinski definition) is 10. The van der Waals surface area contributed by atoms with E-state index in [1.807, 2.05) is 5.43 Å². The van der Waals surface area contributed by atoms with E-state index in [0.717, 1.165) is 35.7 Å². The van der Waals surface area contributed by atoms with E-state index in [1.54, 1.807) is 25.2 Å². The van der Waals surface area contributed by atoms with Crippen molar-refractivity contribution in [3.05, 3.63) is 10.0 Å². The second-order valence-corrected chi connectivity index (χ2v) is 11.3. The predicted octanol–water partition coefficient (Wildman–Crippen LogP) is 3.79. The van der Waals surface area contributed by atoms with Crippen LogP contribution in [0.25, 0.3) is 0 Å². The molecule has 0 unspecified atom stereocenters. The summed E-state index contributed by atoms with van der Waals surface area (Å²) in [5.41, 5.74) is 2.03. The monoisotopic (exact) mass is 556 g/mol. The molecular formula is C26H44N4O7S. The molecule has 2 fully saturated rings. The quantitative estimate of drug-likeness (QED) is 0.203. The summed E-state index contributed by atoms with van der Waals surface area (Å²) in [7, 11) is 2.83. The summed E-state index contributed by atoms with van der Waals surface area (Å²) in [5.74, 6) is 4.30. The summed E-state index contributed by atoms with van der Waals surface area (Å²) in [6.45, 7) is 7.83. The molecule has 0 bridgehead atoms. The third-order valence-corrected chi connectivity index (χ3v) is 8.22. The first-order valence-electron chi connectivity index (χ1n) is 13.2. The third-order valence-electron chi connectivity index (χ3n) is 6.84. The summed E-state index contributed by atoms with van der Waals surface area (Å²) in [6, 6.07) is 0. The van der Waals surface area contributed by atoms with Gasteiger partial charge in [0.1, 0.15) is 10.0 Å². The number of carbonyl (C=O) groups is 4. The van der Waals surface area contributed by atoms with Gasteiger partial charge < -0.3 is 14.6 Å². The Morgan fingerprint density at radius 1 is 0.842 bits per heavy atom. The molecule has 3 rings (SSSR count). The molecule has 0 aromatic carbocycles. The first kappa shape index (κ1) is 33.4. The number of hydrogen-bond donors (Lipinski definition) is 3. The molecule has 1 aromatic heterocycles. The standard InChI is InChI=1S/C13H20N2O2S.C9H14O4.C4H10N2O/c1-8(2)11-14-15-12(18-11)9-4-6-10(7-5-9)13(16)17-3;1-13-9(12)7-4-2-6(3-5-7)8(10)11;1-3(2)4(7)6-5/h8-10H,4-7H2,1-3H3;6-7H,2-5H2,1H3,(H,10,11);3H,5H2,1-2H3,(H,6,7). The number of nitrogens with one attached hydrogen (secondary N) is 1. The smallest absolute Gasteiger partial charge is 0.308 e. The van der Waals surface area contributed by atoms with Crippen molar-refractivity contribution in [1.29, 1.82) is 0 Å². The molecule has 0 spiro atoms. The Morgan fingerprint density at radius 2 is 1.29 bits per heavy atom. The van der Waals surface area contributed by atoms with E-state index in [-0.39, 0.29) is 41.5 Å². The van der Waals surface area contributed by atoms with Crippen LogP contribution in [0, 0.1) is 23.7 Å². The molecule has 12 heteroatoms. The lowest BCUT2D eigenvalue weighted by molar-refractivity contribution is -0.150. The maximum atomic E-state index is 11.5. The molecule has 0 aliphatic heterocycles. The van der Waals surface area contributed by atoms with Gasteiger partial charge in [0.15, 0.2) is 0 Å². The SMILES string of the molecule is CC(C)C(=O)NN.COC(=O)C1CCC(C(=O)O)CC1.COC(=O)C1CCC(c2nnc(C(C)C)s2)CC1. The minimum atomic E-state index is -0.747. The van der Waals surface area contributed by atoms with E-state index in [4.69, 9.17) is 15.7 Å². The van der Waals surface area contributed by atoms with Gasteiger partial charge >= 0.3 is 17.9 Å². The van der Waals surface area contributed by atoms with Gasteiger partial charge in [-0.25, -0.2) is 5.84 Å². The fourth-order valence-corrected chi connectivity index (χ4v) is 5.31. The van der Waals surface area contributed by atoms with Gasteiger partial charge in [0.2, 0.25) is 5.91 Å². The highest BCUT2D eigenvalue weighted by atomic mass is 32.1. The molecule has 38 heavy (non-hydrogen) atoms. The maximum Gasteiger partial charge on any atom is 0.308 e. The highest BCUT2D eigenvalue weighted by Crippen LogP contribution is 2.38. The van der Waals surface area contributed by atoms with Gasteiger partial charge in [-0.15, -0.1) is 21.5 Å². The third kappa shape index (κ3) is 11.0. The van der Waals surface area contributed by atoms with Crippen molar-refractivity contribution in [3.8, 4) is 0 Å². The molecular weight excluding hydrogens is 512 g/mol. The van der Waals surface area contributed by atoms with Gasteiger partial charge in [-0.3, -0.25) is 24.6 Å². The second kappa shape index (κ2) is 17.1. The molecule has 0 atom stereocenters. The second-order valence-electron chi connectivity index (χ2n) is 10.3. The fraction of sp³-hybridized carbons (Fsp3) is 0.769. The number of nitrogens with zero attached hydrogens (tertiary/aromatic N) is 2. The highest BCUT2D eigenvalue weighted by Gasteiger charge is 2.30. The number of aliphatic carboxylic acids is 1. The van der Waals surface area contributed by atoms with Gasteiger partial charge in [0.25, 0.3) is 0 Å². The Hall–Kier alpha value is -2.60. The van der Waals surface area contributed by atoms with Crippen molar-refractivity contribution in [1.82, 2.24) is 15.6 Å². The number of nitrogens with two attached hydrogens (primary N) is 1. The van der Waals surface area contributed by atoms with E-state index in [1.165, 1.54) is 14.2 Å². The van der Waals surface area contributed by atoms with Crippen LogP contribution in [0.2, 0.25) is 0 Å². The Morgan fingerprint density at radius 3 is 1.61 bits per heavy atom. The summed E-state index contributed by atoms with van der Waals surface area (Å²) in [4.78, 5) is 43.4. The lowest BCUT2D eigenvalue weighted by Gasteiger charge is -2.25. The Balaban J connectivity index is 0.000000316. The number of methoxy groups -OCH3 is 2. The summed E-state index contributed by atoms with van der Waals surface area (Å²) in [5, 5.41) is 19.5. The topological polar surface area (TPSA) is 171 Å². The minimum Gasteiger partial charge on any atom is -0.481 e. The minimum absolute atomic E-state index is 0.00926. The van der Waals surface area contributed by atoms with Gasteiger partial charge in [0, 0.05) is 17.8 Å². The zero-order valence-electron chi connectivity index (χ0n) is 23.4. The number of carbonyl (C=O) groups excluding carboxylic acids is 3. The highest BCUT2D eigenvalue weighted by molar-refractivity contribution is 7.11. The van der Waals surface area contributed by atoms with Crippen molar-refractivity contribution < 1.29 is 33.8 Å². The largest absolute Gasteiger partial charge is 0.481 e. The molecule has 1 heterocycles. The van der Waals surface area contributed by atoms with Crippen LogP contribution in [0.3, 0.4) is 0 Å². The van der Waals surface area contributed by atoms with Crippen LogP contribution in [0.4, 0.5) is 0 Å². The van der Waals surface area contributed by atoms with E-state index >= 15 is 0 Å². The first-order valence-corrected chi connectivity index (χ1v) is 14.0. The number of amides is 1. The summed E-state index contributed by atoms with van der Waals surface area (Å²) >= 11 is 1.72. The normalized spacial score (nSPS) is 22.8. The van der Waals surface area contributed by atoms with E-state index in [9.17, 15) is 19.2 Å². The van der Waals surface area contributed by atoms with Crippen molar-refractivity contribution in [2.24, 2.45) is 29.5 Å². The van der Waals surface area contributed by atoms with Crippen LogP contribution < -0.4 is 11.3 Å². The number of carboxylic acids is 1. The molecule has 1 amide bonds. The van der Waals surface area contributed by atoms with Crippen molar-refractivity contribution >= 4 is 35.2 Å². The predicted molar refractivity (Wildman–Crippen MR) is 143 cm³/mol. The molecule has 2 aliphatic rings. The molecule has 0 radical (unpaired) electrons. The molecule has 2 saturated carbocycles. The lowest BCUT2D eigenvalue weighted by atomic mass is 9.82. The number of ether oxygens (including phenoxy) is 2. The Labute approximate surface area is 229 Å². The van der Waals surface area contributed by atoms with Crippen molar-refractivity contribution in [2.75, 3.05) is 14.2 Å². The van der Waals surface area contributed by atoms with Crippen LogP contribution in [0.5, 0.6) is 0 Å². The summed E-state index contributed by atoms with van der Waals surface area (Å²) < 4.78 is 9.40.